The van der Waals surface area contributed by atoms with Crippen LogP contribution in [0.5, 0.6) is 0 Å². The van der Waals surface area contributed by atoms with Crippen LogP contribution in [0.1, 0.15) is 22.3 Å². The standard InChI is InChI=1S/C22H16F2/c23-21(19-10-3-1-4-11-19)15-17-8-7-9-18(14-17)16-22(24)20-12-5-2-6-13-20/h1-16H/b21-15-,22-16-. The molecule has 0 N–H and O–H groups in total. The normalized spacial score (nSPS) is 12.2. The maximum absolute atomic E-state index is 14.3. The predicted molar refractivity (Wildman–Crippen MR) is 97.3 cm³/mol. The van der Waals surface area contributed by atoms with E-state index in [0.29, 0.717) is 22.3 Å². The fourth-order valence-corrected chi connectivity index (χ4v) is 2.39. The second-order valence-electron chi connectivity index (χ2n) is 5.39. The van der Waals surface area contributed by atoms with Crippen LogP contribution in [0.3, 0.4) is 0 Å². The molecular formula is C22H16F2. The fraction of sp³-hybridized carbons (Fsp3) is 0. The minimum atomic E-state index is -0.319. The second kappa shape index (κ2) is 7.51. The molecule has 3 aromatic carbocycles. The van der Waals surface area contributed by atoms with E-state index >= 15 is 0 Å². The third kappa shape index (κ3) is 4.05. The molecule has 0 nitrogen and oxygen atoms in total. The monoisotopic (exact) mass is 318 g/mol. The van der Waals surface area contributed by atoms with E-state index in [1.54, 1.807) is 72.8 Å². The van der Waals surface area contributed by atoms with Crippen LogP contribution >= 0.6 is 0 Å². The summed E-state index contributed by atoms with van der Waals surface area (Å²) in [6.45, 7) is 0. The average molecular weight is 318 g/mol. The van der Waals surface area contributed by atoms with Crippen molar-refractivity contribution in [1.82, 2.24) is 0 Å². The van der Waals surface area contributed by atoms with E-state index in [4.69, 9.17) is 0 Å². The first kappa shape index (κ1) is 15.9. The van der Waals surface area contributed by atoms with Crippen LogP contribution in [0.15, 0.2) is 84.9 Å². The molecule has 0 heterocycles. The summed E-state index contributed by atoms with van der Waals surface area (Å²) in [6, 6.07) is 24.8. The molecule has 0 aromatic heterocycles. The number of hydrogen-bond acceptors (Lipinski definition) is 0. The predicted octanol–water partition coefficient (Wildman–Crippen LogP) is 6.62. The van der Waals surface area contributed by atoms with Gasteiger partial charge in [-0.3, -0.25) is 0 Å². The van der Waals surface area contributed by atoms with Crippen LogP contribution in [0.4, 0.5) is 8.78 Å². The van der Waals surface area contributed by atoms with Gasteiger partial charge in [0.25, 0.3) is 0 Å². The summed E-state index contributed by atoms with van der Waals surface area (Å²) in [7, 11) is 0. The molecule has 118 valence electrons. The third-order valence-electron chi connectivity index (χ3n) is 3.60. The molecule has 0 saturated carbocycles. The first-order chi connectivity index (χ1) is 11.7. The molecule has 0 unspecified atom stereocenters. The Bertz CT molecular complexity index is 792. The lowest BCUT2D eigenvalue weighted by Gasteiger charge is -2.01. The van der Waals surface area contributed by atoms with Gasteiger partial charge in [-0.2, -0.15) is 0 Å². The summed E-state index contributed by atoms with van der Waals surface area (Å²) >= 11 is 0. The van der Waals surface area contributed by atoms with Crippen LogP contribution < -0.4 is 0 Å². The van der Waals surface area contributed by atoms with Gasteiger partial charge >= 0.3 is 0 Å². The Hall–Kier alpha value is -3.00. The summed E-state index contributed by atoms with van der Waals surface area (Å²) in [5.41, 5.74) is 2.42. The summed E-state index contributed by atoms with van der Waals surface area (Å²) in [5.74, 6) is -0.638. The average Bonchev–Trinajstić information content (AvgIpc) is 2.63. The number of rotatable bonds is 4. The lowest BCUT2D eigenvalue weighted by Crippen LogP contribution is -1.81. The highest BCUT2D eigenvalue weighted by Gasteiger charge is 2.02. The van der Waals surface area contributed by atoms with E-state index < -0.39 is 0 Å². The summed E-state index contributed by atoms with van der Waals surface area (Å²) < 4.78 is 28.5. The highest BCUT2D eigenvalue weighted by Crippen LogP contribution is 2.22. The van der Waals surface area contributed by atoms with Crippen molar-refractivity contribution in [2.75, 3.05) is 0 Å². The Balaban J connectivity index is 1.87. The minimum absolute atomic E-state index is 0.319. The van der Waals surface area contributed by atoms with Gasteiger partial charge in [-0.15, -0.1) is 0 Å². The molecule has 2 heteroatoms. The first-order valence-electron chi connectivity index (χ1n) is 7.68. The quantitative estimate of drug-likeness (QED) is 0.474. The van der Waals surface area contributed by atoms with E-state index in [1.165, 1.54) is 12.2 Å². The van der Waals surface area contributed by atoms with Gasteiger partial charge in [0.2, 0.25) is 0 Å². The van der Waals surface area contributed by atoms with Crippen LogP contribution in [-0.2, 0) is 0 Å². The molecular weight excluding hydrogens is 302 g/mol. The van der Waals surface area contributed by atoms with Crippen LogP contribution in [0.2, 0.25) is 0 Å². The zero-order chi connectivity index (χ0) is 16.8. The molecule has 0 bridgehead atoms. The summed E-state index contributed by atoms with van der Waals surface area (Å²) in [6.07, 6.45) is 2.90. The van der Waals surface area contributed by atoms with Gasteiger partial charge in [-0.05, 0) is 29.3 Å². The van der Waals surface area contributed by atoms with Gasteiger partial charge < -0.3 is 0 Å². The number of halogens is 2. The van der Waals surface area contributed by atoms with Crippen molar-refractivity contribution in [1.29, 1.82) is 0 Å². The fourth-order valence-electron chi connectivity index (χ4n) is 2.39. The summed E-state index contributed by atoms with van der Waals surface area (Å²) in [5, 5.41) is 0. The highest BCUT2D eigenvalue weighted by atomic mass is 19.1. The highest BCUT2D eigenvalue weighted by molar-refractivity contribution is 5.80. The van der Waals surface area contributed by atoms with Crippen LogP contribution in [0, 0.1) is 0 Å². The Kier molecular flexibility index (Phi) is 4.97. The van der Waals surface area contributed by atoms with E-state index in [2.05, 4.69) is 0 Å². The van der Waals surface area contributed by atoms with E-state index in [-0.39, 0.29) is 11.7 Å². The van der Waals surface area contributed by atoms with Gasteiger partial charge in [0.15, 0.2) is 0 Å². The molecule has 0 radical (unpaired) electrons. The summed E-state index contributed by atoms with van der Waals surface area (Å²) in [4.78, 5) is 0. The van der Waals surface area contributed by atoms with Crippen LogP contribution in [-0.4, -0.2) is 0 Å². The van der Waals surface area contributed by atoms with Gasteiger partial charge in [0, 0.05) is 11.1 Å². The Morgan fingerprint density at radius 3 is 1.38 bits per heavy atom. The van der Waals surface area contributed by atoms with Crippen molar-refractivity contribution in [3.05, 3.63) is 107 Å². The van der Waals surface area contributed by atoms with Gasteiger partial charge in [-0.1, -0.05) is 78.9 Å². The Morgan fingerprint density at radius 2 is 0.958 bits per heavy atom. The second-order valence-corrected chi connectivity index (χ2v) is 5.39. The minimum Gasteiger partial charge on any atom is -0.206 e. The van der Waals surface area contributed by atoms with Crippen molar-refractivity contribution in [3.8, 4) is 0 Å². The molecule has 0 saturated heterocycles. The van der Waals surface area contributed by atoms with Crippen molar-refractivity contribution in [2.45, 2.75) is 0 Å². The smallest absolute Gasteiger partial charge is 0.131 e. The Labute approximate surface area is 140 Å². The third-order valence-corrected chi connectivity index (χ3v) is 3.60. The maximum Gasteiger partial charge on any atom is 0.131 e. The van der Waals surface area contributed by atoms with Crippen molar-refractivity contribution in [3.63, 3.8) is 0 Å². The number of hydrogen-bond donors (Lipinski definition) is 0. The maximum atomic E-state index is 14.3. The Morgan fingerprint density at radius 1 is 0.542 bits per heavy atom. The van der Waals surface area contributed by atoms with Gasteiger partial charge in [-0.25, -0.2) is 8.78 Å². The van der Waals surface area contributed by atoms with Crippen LogP contribution in [0.25, 0.3) is 23.8 Å². The van der Waals surface area contributed by atoms with Gasteiger partial charge in [0.1, 0.15) is 11.7 Å². The van der Waals surface area contributed by atoms with Crippen molar-refractivity contribution < 1.29 is 8.78 Å². The molecule has 0 fully saturated rings. The molecule has 0 atom stereocenters. The molecule has 3 rings (SSSR count). The van der Waals surface area contributed by atoms with E-state index in [0.717, 1.165) is 0 Å². The SMILES string of the molecule is F/C(=C\c1cccc(/C=C(\F)c2ccccc2)c1)c1ccccc1. The van der Waals surface area contributed by atoms with Crippen molar-refractivity contribution >= 4 is 23.8 Å². The lowest BCUT2D eigenvalue weighted by molar-refractivity contribution is 0.765. The zero-order valence-corrected chi connectivity index (χ0v) is 13.0. The molecule has 3 aromatic rings. The molecule has 0 aliphatic carbocycles. The van der Waals surface area contributed by atoms with Crippen molar-refractivity contribution in [2.24, 2.45) is 0 Å². The zero-order valence-electron chi connectivity index (χ0n) is 13.0. The largest absolute Gasteiger partial charge is 0.206 e. The topological polar surface area (TPSA) is 0 Å². The molecule has 0 spiro atoms. The first-order valence-corrected chi connectivity index (χ1v) is 7.68. The lowest BCUT2D eigenvalue weighted by atomic mass is 10.1. The molecule has 24 heavy (non-hydrogen) atoms. The van der Waals surface area contributed by atoms with E-state index in [1.807, 2.05) is 12.1 Å². The molecule has 0 amide bonds. The molecule has 0 aliphatic heterocycles. The molecule has 0 aliphatic rings. The number of benzene rings is 3. The van der Waals surface area contributed by atoms with Gasteiger partial charge in [0.05, 0.1) is 0 Å². The van der Waals surface area contributed by atoms with E-state index in [9.17, 15) is 8.78 Å².